The van der Waals surface area contributed by atoms with Crippen LogP contribution >= 0.6 is 0 Å². The number of amides is 1. The van der Waals surface area contributed by atoms with Crippen molar-refractivity contribution in [1.29, 1.82) is 0 Å². The molecule has 1 atom stereocenters. The molecule has 0 aromatic carbocycles. The number of likely N-dealkylation sites (tertiary alicyclic amines) is 1. The third-order valence-corrected chi connectivity index (χ3v) is 5.85. The van der Waals surface area contributed by atoms with E-state index in [4.69, 9.17) is 0 Å². The van der Waals surface area contributed by atoms with Gasteiger partial charge in [0.1, 0.15) is 4.90 Å². The molecular formula is C19H24N4O3S. The quantitative estimate of drug-likeness (QED) is 0.798. The van der Waals surface area contributed by atoms with Crippen LogP contribution in [0.5, 0.6) is 0 Å². The van der Waals surface area contributed by atoms with Crippen molar-refractivity contribution in [3.05, 3.63) is 36.4 Å². The van der Waals surface area contributed by atoms with E-state index in [1.54, 1.807) is 24.5 Å². The number of pyridine rings is 1. The average Bonchev–Trinajstić information content (AvgIpc) is 2.67. The number of carbonyl (C=O) groups is 1. The summed E-state index contributed by atoms with van der Waals surface area (Å²) in [5.74, 6) is 0.335. The van der Waals surface area contributed by atoms with Gasteiger partial charge in [0.25, 0.3) is 0 Å². The van der Waals surface area contributed by atoms with Crippen LogP contribution in [0.2, 0.25) is 0 Å². The molecule has 2 aromatic heterocycles. The van der Waals surface area contributed by atoms with E-state index in [1.165, 1.54) is 12.5 Å². The standard InChI is InChI=1S/C19H24N4O3S/c1-13(2)19(24)23-10-4-5-15(12-23)17-16(27(3,25)26)11-21-18(22-17)14-6-8-20-9-7-14/h6-9,11,13,15H,4-5,10,12H2,1-3H3/t15-/m0/s1. The highest BCUT2D eigenvalue weighted by Gasteiger charge is 2.30. The van der Waals surface area contributed by atoms with E-state index in [9.17, 15) is 13.2 Å². The maximum atomic E-state index is 12.4. The summed E-state index contributed by atoms with van der Waals surface area (Å²) < 4.78 is 24.6. The molecule has 0 radical (unpaired) electrons. The lowest BCUT2D eigenvalue weighted by Gasteiger charge is -2.34. The van der Waals surface area contributed by atoms with Crippen molar-refractivity contribution in [2.45, 2.75) is 37.5 Å². The monoisotopic (exact) mass is 388 g/mol. The summed E-state index contributed by atoms with van der Waals surface area (Å²) in [6.45, 7) is 4.93. The Morgan fingerprint density at radius 1 is 1.26 bits per heavy atom. The fourth-order valence-corrected chi connectivity index (χ4v) is 4.20. The second-order valence-electron chi connectivity index (χ2n) is 7.23. The van der Waals surface area contributed by atoms with Gasteiger partial charge in [-0.05, 0) is 25.0 Å². The van der Waals surface area contributed by atoms with Crippen molar-refractivity contribution in [3.8, 4) is 11.4 Å². The Morgan fingerprint density at radius 3 is 2.59 bits per heavy atom. The van der Waals surface area contributed by atoms with Crippen LogP contribution in [0.25, 0.3) is 11.4 Å². The first-order valence-corrected chi connectivity index (χ1v) is 10.9. The van der Waals surface area contributed by atoms with Gasteiger partial charge in [-0.2, -0.15) is 0 Å². The molecule has 144 valence electrons. The number of nitrogens with zero attached hydrogens (tertiary/aromatic N) is 4. The molecule has 1 aliphatic heterocycles. The summed E-state index contributed by atoms with van der Waals surface area (Å²) in [4.78, 5) is 27.2. The van der Waals surface area contributed by atoms with Gasteiger partial charge in [0, 0.05) is 55.3 Å². The molecule has 1 fully saturated rings. The summed E-state index contributed by atoms with van der Waals surface area (Å²) in [6, 6.07) is 3.57. The van der Waals surface area contributed by atoms with Crippen molar-refractivity contribution >= 4 is 15.7 Å². The molecule has 0 spiro atoms. The predicted octanol–water partition coefficient (Wildman–Crippen LogP) is 2.30. The number of sulfone groups is 1. The zero-order chi connectivity index (χ0) is 19.6. The molecule has 0 aliphatic carbocycles. The van der Waals surface area contributed by atoms with Crippen molar-refractivity contribution in [1.82, 2.24) is 19.9 Å². The number of rotatable bonds is 4. The van der Waals surface area contributed by atoms with Gasteiger partial charge in [-0.25, -0.2) is 18.4 Å². The molecule has 3 rings (SSSR count). The van der Waals surface area contributed by atoms with Crippen molar-refractivity contribution in [3.63, 3.8) is 0 Å². The molecule has 1 amide bonds. The van der Waals surface area contributed by atoms with E-state index in [0.717, 1.165) is 18.4 Å². The van der Waals surface area contributed by atoms with Crippen LogP contribution in [0.15, 0.2) is 35.6 Å². The molecule has 1 saturated heterocycles. The number of hydrogen-bond acceptors (Lipinski definition) is 6. The van der Waals surface area contributed by atoms with E-state index in [-0.39, 0.29) is 22.6 Å². The summed E-state index contributed by atoms with van der Waals surface area (Å²) in [7, 11) is -3.48. The highest BCUT2D eigenvalue weighted by Crippen LogP contribution is 2.31. The molecule has 3 heterocycles. The third-order valence-electron chi connectivity index (χ3n) is 4.73. The summed E-state index contributed by atoms with van der Waals surface area (Å²) in [6.07, 6.45) is 7.45. The lowest BCUT2D eigenvalue weighted by atomic mass is 9.93. The molecule has 1 aliphatic rings. The maximum absolute atomic E-state index is 12.4. The molecule has 7 nitrogen and oxygen atoms in total. The Balaban J connectivity index is 2.02. The Morgan fingerprint density at radius 2 is 1.96 bits per heavy atom. The fourth-order valence-electron chi connectivity index (χ4n) is 3.37. The van der Waals surface area contributed by atoms with Crippen LogP contribution in [-0.2, 0) is 14.6 Å². The Hall–Kier alpha value is -2.35. The van der Waals surface area contributed by atoms with Gasteiger partial charge in [0.2, 0.25) is 5.91 Å². The van der Waals surface area contributed by atoms with Crippen LogP contribution in [-0.4, -0.2) is 53.5 Å². The maximum Gasteiger partial charge on any atom is 0.225 e. The minimum absolute atomic E-state index is 0.0871. The average molecular weight is 388 g/mol. The normalized spacial score (nSPS) is 17.9. The molecule has 2 aromatic rings. The van der Waals surface area contributed by atoms with E-state index in [1.807, 2.05) is 18.7 Å². The summed E-state index contributed by atoms with van der Waals surface area (Å²) in [5, 5.41) is 0. The number of hydrogen-bond donors (Lipinski definition) is 0. The molecule has 8 heteroatoms. The van der Waals surface area contributed by atoms with Gasteiger partial charge in [0.15, 0.2) is 15.7 Å². The zero-order valence-electron chi connectivity index (χ0n) is 15.8. The largest absolute Gasteiger partial charge is 0.342 e. The van der Waals surface area contributed by atoms with Gasteiger partial charge < -0.3 is 4.90 Å². The molecule has 0 N–H and O–H groups in total. The number of aromatic nitrogens is 3. The number of carbonyl (C=O) groups excluding carboxylic acids is 1. The van der Waals surface area contributed by atoms with Gasteiger partial charge in [-0.15, -0.1) is 0 Å². The Labute approximate surface area is 159 Å². The van der Waals surface area contributed by atoms with Crippen LogP contribution in [0, 0.1) is 5.92 Å². The van der Waals surface area contributed by atoms with Gasteiger partial charge in [-0.1, -0.05) is 13.8 Å². The smallest absolute Gasteiger partial charge is 0.225 e. The lowest BCUT2D eigenvalue weighted by molar-refractivity contribution is -0.135. The topological polar surface area (TPSA) is 93.1 Å². The SMILES string of the molecule is CC(C)C(=O)N1CCC[C@H](c2nc(-c3ccncc3)ncc2S(C)(=O)=O)C1. The van der Waals surface area contributed by atoms with Crippen LogP contribution in [0.3, 0.4) is 0 Å². The minimum atomic E-state index is -3.48. The first kappa shape index (κ1) is 19.4. The molecule has 0 saturated carbocycles. The van der Waals surface area contributed by atoms with Crippen LogP contribution in [0.1, 0.15) is 38.3 Å². The summed E-state index contributed by atoms with van der Waals surface area (Å²) >= 11 is 0. The second-order valence-corrected chi connectivity index (χ2v) is 9.21. The van der Waals surface area contributed by atoms with Crippen LogP contribution < -0.4 is 0 Å². The van der Waals surface area contributed by atoms with Crippen molar-refractivity contribution in [2.24, 2.45) is 5.92 Å². The Bertz CT molecular complexity index is 929. The highest BCUT2D eigenvalue weighted by atomic mass is 32.2. The van der Waals surface area contributed by atoms with E-state index in [2.05, 4.69) is 15.0 Å². The second kappa shape index (κ2) is 7.72. The zero-order valence-corrected chi connectivity index (χ0v) is 16.6. The highest BCUT2D eigenvalue weighted by molar-refractivity contribution is 7.90. The van der Waals surface area contributed by atoms with Crippen molar-refractivity contribution < 1.29 is 13.2 Å². The first-order valence-electron chi connectivity index (χ1n) is 9.03. The number of piperidine rings is 1. The minimum Gasteiger partial charge on any atom is -0.342 e. The van der Waals surface area contributed by atoms with Crippen LogP contribution in [0.4, 0.5) is 0 Å². The summed E-state index contributed by atoms with van der Waals surface area (Å²) in [5.41, 5.74) is 1.28. The van der Waals surface area contributed by atoms with E-state index in [0.29, 0.717) is 24.6 Å². The Kier molecular flexibility index (Phi) is 5.55. The van der Waals surface area contributed by atoms with E-state index < -0.39 is 9.84 Å². The molecule has 0 unspecified atom stereocenters. The molecular weight excluding hydrogens is 364 g/mol. The van der Waals surface area contributed by atoms with Crippen molar-refractivity contribution in [2.75, 3.05) is 19.3 Å². The predicted molar refractivity (Wildman–Crippen MR) is 102 cm³/mol. The van der Waals surface area contributed by atoms with Gasteiger partial charge in [0.05, 0.1) is 5.69 Å². The molecule has 27 heavy (non-hydrogen) atoms. The first-order chi connectivity index (χ1) is 12.8. The fraction of sp³-hybridized carbons (Fsp3) is 0.474. The lowest BCUT2D eigenvalue weighted by Crippen LogP contribution is -2.41. The van der Waals surface area contributed by atoms with Gasteiger partial charge >= 0.3 is 0 Å². The third kappa shape index (κ3) is 4.32. The van der Waals surface area contributed by atoms with E-state index >= 15 is 0 Å². The van der Waals surface area contributed by atoms with Gasteiger partial charge in [-0.3, -0.25) is 9.78 Å². The molecule has 0 bridgehead atoms.